The van der Waals surface area contributed by atoms with Crippen LogP contribution in [0.3, 0.4) is 0 Å². The van der Waals surface area contributed by atoms with Gasteiger partial charge in [0.2, 0.25) is 0 Å². The van der Waals surface area contributed by atoms with Crippen molar-refractivity contribution in [1.29, 1.82) is 0 Å². The Morgan fingerprint density at radius 2 is 1.67 bits per heavy atom. The molecule has 1 N–H and O–H groups in total. The van der Waals surface area contributed by atoms with Crippen LogP contribution < -0.4 is 0 Å². The summed E-state index contributed by atoms with van der Waals surface area (Å²) in [6.07, 6.45) is -0.0104. The van der Waals surface area contributed by atoms with Gasteiger partial charge < -0.3 is 0 Å². The number of nitro benzene ring substituents is 2. The van der Waals surface area contributed by atoms with Crippen LogP contribution in [0.5, 0.6) is 0 Å². The van der Waals surface area contributed by atoms with Gasteiger partial charge in [-0.15, -0.1) is 0 Å². The van der Waals surface area contributed by atoms with Crippen LogP contribution in [0.4, 0.5) is 11.4 Å². The van der Waals surface area contributed by atoms with E-state index in [0.717, 1.165) is 12.1 Å². The first-order chi connectivity index (χ1) is 11.1. The molecule has 0 fully saturated rings. The lowest BCUT2D eigenvalue weighted by Crippen LogP contribution is -2.03. The Morgan fingerprint density at radius 3 is 2.21 bits per heavy atom. The van der Waals surface area contributed by atoms with E-state index in [-0.39, 0.29) is 16.9 Å². The van der Waals surface area contributed by atoms with Crippen molar-refractivity contribution in [2.24, 2.45) is 0 Å². The minimum absolute atomic E-state index is 0.0104. The number of nitrogens with zero attached hydrogens (tertiary/aromatic N) is 2. The third-order valence-corrected chi connectivity index (χ3v) is 4.33. The fraction of sp³-hybridized carbons (Fsp3) is 0.143. The van der Waals surface area contributed by atoms with Crippen molar-refractivity contribution >= 4 is 21.5 Å². The summed E-state index contributed by atoms with van der Waals surface area (Å²) in [5.41, 5.74) is 0.466. The zero-order valence-electron chi connectivity index (χ0n) is 12.4. The Morgan fingerprint density at radius 1 is 1.00 bits per heavy atom. The van der Waals surface area contributed by atoms with E-state index in [2.05, 4.69) is 0 Å². The largest absolute Gasteiger partial charge is 0.294 e. The highest BCUT2D eigenvalue weighted by Crippen LogP contribution is 2.28. The van der Waals surface area contributed by atoms with Gasteiger partial charge in [0.15, 0.2) is 0 Å². The van der Waals surface area contributed by atoms with Gasteiger partial charge >= 0.3 is 0 Å². The molecular formula is C14H12N2O7S. The fourth-order valence-corrected chi connectivity index (χ4v) is 2.72. The van der Waals surface area contributed by atoms with E-state index in [9.17, 15) is 28.6 Å². The van der Waals surface area contributed by atoms with Crippen molar-refractivity contribution in [3.05, 3.63) is 73.3 Å². The van der Waals surface area contributed by atoms with Gasteiger partial charge in [-0.05, 0) is 36.2 Å². The van der Waals surface area contributed by atoms with Crippen LogP contribution in [-0.4, -0.2) is 22.8 Å². The molecule has 10 heteroatoms. The Bertz CT molecular complexity index is 938. The van der Waals surface area contributed by atoms with Gasteiger partial charge in [-0.2, -0.15) is 8.42 Å². The van der Waals surface area contributed by atoms with Crippen LogP contribution in [0, 0.1) is 27.2 Å². The van der Waals surface area contributed by atoms with E-state index in [1.165, 1.54) is 24.3 Å². The maximum atomic E-state index is 11.2. The van der Waals surface area contributed by atoms with Gasteiger partial charge in [-0.3, -0.25) is 24.8 Å². The molecule has 0 spiro atoms. The topological polar surface area (TPSA) is 141 Å². The van der Waals surface area contributed by atoms with Crippen LogP contribution in [0.15, 0.2) is 41.3 Å². The number of nitro groups is 2. The number of hydrogen-bond acceptors (Lipinski definition) is 6. The molecule has 2 aromatic rings. The number of benzene rings is 2. The van der Waals surface area contributed by atoms with Gasteiger partial charge in [-0.1, -0.05) is 6.07 Å². The van der Waals surface area contributed by atoms with E-state index in [4.69, 9.17) is 4.55 Å². The predicted octanol–water partition coefficient (Wildman–Crippen LogP) is 2.65. The van der Waals surface area contributed by atoms with Crippen molar-refractivity contribution in [2.45, 2.75) is 18.2 Å². The second-order valence-corrected chi connectivity index (χ2v) is 6.49. The van der Waals surface area contributed by atoms with Crippen LogP contribution in [-0.2, 0) is 16.5 Å². The third kappa shape index (κ3) is 3.73. The van der Waals surface area contributed by atoms with Gasteiger partial charge in [0.05, 0.1) is 20.8 Å². The normalized spacial score (nSPS) is 11.2. The summed E-state index contributed by atoms with van der Waals surface area (Å²) in [5, 5.41) is 21.9. The molecule has 24 heavy (non-hydrogen) atoms. The SMILES string of the molecule is Cc1ccc(S(=O)(=O)O)cc1Cc1ccc([N+](=O)[O-])cc1[N+](=O)[O-]. The molecule has 0 saturated heterocycles. The zero-order valence-corrected chi connectivity index (χ0v) is 13.2. The van der Waals surface area contributed by atoms with Crippen molar-refractivity contribution in [3.8, 4) is 0 Å². The minimum Gasteiger partial charge on any atom is -0.282 e. The molecule has 2 aromatic carbocycles. The lowest BCUT2D eigenvalue weighted by atomic mass is 9.99. The molecule has 0 heterocycles. The number of hydrogen-bond donors (Lipinski definition) is 1. The van der Waals surface area contributed by atoms with Crippen molar-refractivity contribution < 1.29 is 22.8 Å². The smallest absolute Gasteiger partial charge is 0.282 e. The van der Waals surface area contributed by atoms with Gasteiger partial charge in [0.1, 0.15) is 0 Å². The summed E-state index contributed by atoms with van der Waals surface area (Å²) in [6.45, 7) is 1.68. The molecule has 0 aromatic heterocycles. The van der Waals surface area contributed by atoms with E-state index in [0.29, 0.717) is 11.1 Å². The second kappa shape index (κ2) is 6.34. The highest BCUT2D eigenvalue weighted by molar-refractivity contribution is 7.85. The fourth-order valence-electron chi connectivity index (χ4n) is 2.19. The Kier molecular flexibility index (Phi) is 4.62. The molecule has 9 nitrogen and oxygen atoms in total. The summed E-state index contributed by atoms with van der Waals surface area (Å²) in [7, 11) is -4.40. The highest BCUT2D eigenvalue weighted by Gasteiger charge is 2.20. The number of rotatable bonds is 5. The second-order valence-electron chi connectivity index (χ2n) is 5.07. The summed E-state index contributed by atoms with van der Waals surface area (Å²) in [5.74, 6) is 0. The minimum atomic E-state index is -4.40. The molecule has 0 bridgehead atoms. The quantitative estimate of drug-likeness (QED) is 0.495. The molecule has 0 saturated carbocycles. The first-order valence-corrected chi connectivity index (χ1v) is 8.02. The third-order valence-electron chi connectivity index (χ3n) is 3.48. The number of non-ortho nitro benzene ring substituents is 1. The summed E-state index contributed by atoms with van der Waals surface area (Å²) >= 11 is 0. The van der Waals surface area contributed by atoms with Crippen molar-refractivity contribution in [2.75, 3.05) is 0 Å². The molecule has 0 aliphatic rings. The highest BCUT2D eigenvalue weighted by atomic mass is 32.2. The van der Waals surface area contributed by atoms with E-state index in [1.54, 1.807) is 6.92 Å². The molecule has 126 valence electrons. The first kappa shape index (κ1) is 17.5. The standard InChI is InChI=1S/C14H12N2O7S/c1-9-2-5-13(24(21,22)23)7-11(9)6-10-3-4-12(15(17)18)8-14(10)16(19)20/h2-5,7-8H,6H2,1H3,(H,21,22,23). The molecule has 0 aliphatic heterocycles. The average Bonchev–Trinajstić information content (AvgIpc) is 2.48. The van der Waals surface area contributed by atoms with E-state index < -0.39 is 31.3 Å². The molecule has 2 rings (SSSR count). The number of aryl methyl sites for hydroxylation is 1. The summed E-state index contributed by atoms with van der Waals surface area (Å²) in [6, 6.07) is 7.17. The molecule has 0 unspecified atom stereocenters. The Hall–Kier alpha value is -2.85. The molecule has 0 atom stereocenters. The van der Waals surface area contributed by atoms with Gasteiger partial charge in [-0.25, -0.2) is 0 Å². The monoisotopic (exact) mass is 352 g/mol. The Balaban J connectivity index is 2.52. The van der Waals surface area contributed by atoms with Gasteiger partial charge in [0, 0.05) is 18.1 Å². The zero-order chi connectivity index (χ0) is 18.1. The van der Waals surface area contributed by atoms with Crippen LogP contribution in [0.2, 0.25) is 0 Å². The average molecular weight is 352 g/mol. The van der Waals surface area contributed by atoms with E-state index in [1.807, 2.05) is 0 Å². The van der Waals surface area contributed by atoms with Crippen LogP contribution in [0.1, 0.15) is 16.7 Å². The molecular weight excluding hydrogens is 340 g/mol. The molecule has 0 radical (unpaired) electrons. The molecule has 0 amide bonds. The van der Waals surface area contributed by atoms with Crippen LogP contribution in [0.25, 0.3) is 0 Å². The lowest BCUT2D eigenvalue weighted by Gasteiger charge is -2.08. The maximum Gasteiger partial charge on any atom is 0.294 e. The summed E-state index contributed by atoms with van der Waals surface area (Å²) < 4.78 is 31.5. The Labute approximate surface area is 136 Å². The lowest BCUT2D eigenvalue weighted by molar-refractivity contribution is -0.394. The van der Waals surface area contributed by atoms with Crippen molar-refractivity contribution in [3.63, 3.8) is 0 Å². The first-order valence-electron chi connectivity index (χ1n) is 6.58. The van der Waals surface area contributed by atoms with Crippen LogP contribution >= 0.6 is 0 Å². The molecule has 0 aliphatic carbocycles. The maximum absolute atomic E-state index is 11.2. The van der Waals surface area contributed by atoms with E-state index >= 15 is 0 Å². The van der Waals surface area contributed by atoms with Gasteiger partial charge in [0.25, 0.3) is 21.5 Å². The predicted molar refractivity (Wildman–Crippen MR) is 83.6 cm³/mol. The summed E-state index contributed by atoms with van der Waals surface area (Å²) in [4.78, 5) is 20.1. The van der Waals surface area contributed by atoms with Crippen molar-refractivity contribution in [1.82, 2.24) is 0 Å².